The lowest BCUT2D eigenvalue weighted by atomic mass is 10.1. The van der Waals surface area contributed by atoms with Crippen molar-refractivity contribution in [2.24, 2.45) is 0 Å². The van der Waals surface area contributed by atoms with Gasteiger partial charge in [-0.3, -0.25) is 0 Å². The van der Waals surface area contributed by atoms with Crippen molar-refractivity contribution in [1.82, 2.24) is 10.2 Å². The van der Waals surface area contributed by atoms with Gasteiger partial charge in [0, 0.05) is 12.2 Å². The molecule has 2 aromatic carbocycles. The Morgan fingerprint density at radius 2 is 1.79 bits per heavy atom. The van der Waals surface area contributed by atoms with Crippen LogP contribution in [0.4, 0.5) is 10.5 Å². The second kappa shape index (κ2) is 9.05. The molecule has 2 aromatic rings. The fourth-order valence-electron chi connectivity index (χ4n) is 2.52. The Balaban J connectivity index is 1.91. The number of aliphatic hydroxyl groups is 1. The molecule has 1 atom stereocenters. The lowest BCUT2D eigenvalue weighted by molar-refractivity contribution is 0.224. The second-order valence-electron chi connectivity index (χ2n) is 6.11. The summed E-state index contributed by atoms with van der Waals surface area (Å²) in [4.78, 5) is 14.2. The maximum Gasteiger partial charge on any atom is 0.319 e. The predicted molar refractivity (Wildman–Crippen MR) is 97.0 cm³/mol. The quantitative estimate of drug-likeness (QED) is 0.732. The van der Waals surface area contributed by atoms with Crippen molar-refractivity contribution in [3.63, 3.8) is 0 Å². The molecule has 0 saturated heterocycles. The second-order valence-corrected chi connectivity index (χ2v) is 6.11. The normalized spacial score (nSPS) is 12.0. The molecule has 0 aliphatic carbocycles. The monoisotopic (exact) mass is 327 g/mol. The van der Waals surface area contributed by atoms with E-state index >= 15 is 0 Å². The predicted octanol–water partition coefficient (Wildman–Crippen LogP) is 2.47. The first-order valence-corrected chi connectivity index (χ1v) is 8.03. The maximum absolute atomic E-state index is 12.2. The van der Waals surface area contributed by atoms with Gasteiger partial charge in [-0.2, -0.15) is 0 Å². The van der Waals surface area contributed by atoms with E-state index in [-0.39, 0.29) is 18.7 Å². The first-order valence-electron chi connectivity index (χ1n) is 8.03. The topological polar surface area (TPSA) is 64.6 Å². The van der Waals surface area contributed by atoms with E-state index in [1.807, 2.05) is 68.7 Å². The molecule has 24 heavy (non-hydrogen) atoms. The van der Waals surface area contributed by atoms with Gasteiger partial charge in [-0.25, -0.2) is 4.79 Å². The number of nitrogens with zero attached hydrogens (tertiary/aromatic N) is 1. The smallest absolute Gasteiger partial charge is 0.319 e. The minimum atomic E-state index is -0.322. The summed E-state index contributed by atoms with van der Waals surface area (Å²) in [6.07, 6.45) is 0.589. The van der Waals surface area contributed by atoms with Gasteiger partial charge < -0.3 is 20.6 Å². The molecule has 0 aromatic heterocycles. The van der Waals surface area contributed by atoms with E-state index in [4.69, 9.17) is 0 Å². The zero-order valence-electron chi connectivity index (χ0n) is 14.2. The third kappa shape index (κ3) is 6.02. The molecule has 3 N–H and O–H groups in total. The number of anilines is 1. The lowest BCUT2D eigenvalue weighted by Crippen LogP contribution is -2.41. The summed E-state index contributed by atoms with van der Waals surface area (Å²) < 4.78 is 0. The minimum Gasteiger partial charge on any atom is -0.394 e. The van der Waals surface area contributed by atoms with Crippen molar-refractivity contribution < 1.29 is 9.90 Å². The van der Waals surface area contributed by atoms with Crippen molar-refractivity contribution >= 4 is 11.7 Å². The molecule has 128 valence electrons. The number of rotatable bonds is 7. The van der Waals surface area contributed by atoms with Crippen molar-refractivity contribution in [3.05, 3.63) is 65.7 Å². The third-order valence-electron chi connectivity index (χ3n) is 3.56. The van der Waals surface area contributed by atoms with Gasteiger partial charge in [0.1, 0.15) is 0 Å². The van der Waals surface area contributed by atoms with Crippen LogP contribution in [-0.4, -0.2) is 42.8 Å². The van der Waals surface area contributed by atoms with E-state index in [9.17, 15) is 9.90 Å². The minimum absolute atomic E-state index is 0.108. The van der Waals surface area contributed by atoms with E-state index in [1.54, 1.807) is 0 Å². The van der Waals surface area contributed by atoms with Gasteiger partial charge in [0.25, 0.3) is 0 Å². The first-order chi connectivity index (χ1) is 11.6. The summed E-state index contributed by atoms with van der Waals surface area (Å²) in [7, 11) is 4.00. The first kappa shape index (κ1) is 18.0. The summed E-state index contributed by atoms with van der Waals surface area (Å²) in [5.41, 5.74) is 2.94. The van der Waals surface area contributed by atoms with Crippen LogP contribution >= 0.6 is 0 Å². The van der Waals surface area contributed by atoms with Crippen molar-refractivity contribution in [2.45, 2.75) is 19.0 Å². The zero-order valence-corrected chi connectivity index (χ0v) is 14.2. The number of aliphatic hydroxyl groups excluding tert-OH is 1. The standard InChI is InChI=1S/C19H25N3O2/c1-22(2)13-16-9-6-10-17(12-16)20-19(24)21-18(14-23)11-15-7-4-3-5-8-15/h3-10,12,18,23H,11,13-14H2,1-2H3,(H2,20,21,24). The zero-order chi connectivity index (χ0) is 17.4. The Morgan fingerprint density at radius 1 is 1.08 bits per heavy atom. The van der Waals surface area contributed by atoms with Crippen LogP contribution in [0.2, 0.25) is 0 Å². The number of amides is 2. The van der Waals surface area contributed by atoms with Crippen LogP contribution in [0.25, 0.3) is 0 Å². The van der Waals surface area contributed by atoms with Crippen LogP contribution in [0.15, 0.2) is 54.6 Å². The molecule has 0 radical (unpaired) electrons. The number of benzene rings is 2. The Hall–Kier alpha value is -2.37. The molecule has 5 heteroatoms. The highest BCUT2D eigenvalue weighted by Crippen LogP contribution is 2.12. The van der Waals surface area contributed by atoms with Crippen LogP contribution in [0.5, 0.6) is 0 Å². The average molecular weight is 327 g/mol. The SMILES string of the molecule is CN(C)Cc1cccc(NC(=O)NC(CO)Cc2ccccc2)c1. The van der Waals surface area contributed by atoms with Crippen molar-refractivity contribution in [3.8, 4) is 0 Å². The molecule has 0 heterocycles. The Kier molecular flexibility index (Phi) is 6.78. The number of hydrogen-bond donors (Lipinski definition) is 3. The van der Waals surface area contributed by atoms with Crippen molar-refractivity contribution in [2.75, 3.05) is 26.0 Å². The van der Waals surface area contributed by atoms with Gasteiger partial charge in [0.05, 0.1) is 12.6 Å². The van der Waals surface area contributed by atoms with Gasteiger partial charge in [0.15, 0.2) is 0 Å². The van der Waals surface area contributed by atoms with E-state index in [1.165, 1.54) is 0 Å². The van der Waals surface area contributed by atoms with Gasteiger partial charge in [-0.05, 0) is 43.8 Å². The summed E-state index contributed by atoms with van der Waals surface area (Å²) in [5, 5.41) is 15.1. The van der Waals surface area contributed by atoms with Crippen LogP contribution in [0.3, 0.4) is 0 Å². The summed E-state index contributed by atoms with van der Waals surface area (Å²) in [6, 6.07) is 16.9. The molecule has 0 aliphatic rings. The molecular weight excluding hydrogens is 302 g/mol. The van der Waals surface area contributed by atoms with Crippen molar-refractivity contribution in [1.29, 1.82) is 0 Å². The average Bonchev–Trinajstić information content (AvgIpc) is 2.54. The van der Waals surface area contributed by atoms with Crippen LogP contribution in [0.1, 0.15) is 11.1 Å². The highest BCUT2D eigenvalue weighted by molar-refractivity contribution is 5.89. The summed E-state index contributed by atoms with van der Waals surface area (Å²) >= 11 is 0. The molecule has 5 nitrogen and oxygen atoms in total. The fourth-order valence-corrected chi connectivity index (χ4v) is 2.52. The molecular formula is C19H25N3O2. The Bertz CT molecular complexity index is 644. The fraction of sp³-hybridized carbons (Fsp3) is 0.316. The molecule has 0 spiro atoms. The Morgan fingerprint density at radius 3 is 2.46 bits per heavy atom. The number of carbonyl (C=O) groups is 1. The molecule has 2 amide bonds. The van der Waals surface area contributed by atoms with Gasteiger partial charge in [-0.1, -0.05) is 42.5 Å². The van der Waals surface area contributed by atoms with E-state index < -0.39 is 0 Å². The largest absolute Gasteiger partial charge is 0.394 e. The number of nitrogens with one attached hydrogen (secondary N) is 2. The molecule has 0 aliphatic heterocycles. The number of carbonyl (C=O) groups excluding carboxylic acids is 1. The van der Waals surface area contributed by atoms with E-state index in [0.29, 0.717) is 6.42 Å². The van der Waals surface area contributed by atoms with Crippen LogP contribution in [0, 0.1) is 0 Å². The maximum atomic E-state index is 12.2. The Labute approximate surface area is 143 Å². The lowest BCUT2D eigenvalue weighted by Gasteiger charge is -2.17. The summed E-state index contributed by atoms with van der Waals surface area (Å²) in [6.45, 7) is 0.702. The van der Waals surface area contributed by atoms with Crippen LogP contribution in [-0.2, 0) is 13.0 Å². The van der Waals surface area contributed by atoms with Gasteiger partial charge in [-0.15, -0.1) is 0 Å². The van der Waals surface area contributed by atoms with E-state index in [2.05, 4.69) is 15.5 Å². The van der Waals surface area contributed by atoms with Gasteiger partial charge >= 0.3 is 6.03 Å². The van der Waals surface area contributed by atoms with Gasteiger partial charge in [0.2, 0.25) is 0 Å². The molecule has 0 fully saturated rings. The molecule has 0 bridgehead atoms. The number of hydrogen-bond acceptors (Lipinski definition) is 3. The molecule has 1 unspecified atom stereocenters. The third-order valence-corrected chi connectivity index (χ3v) is 3.56. The van der Waals surface area contributed by atoms with Crippen LogP contribution < -0.4 is 10.6 Å². The highest BCUT2D eigenvalue weighted by atomic mass is 16.3. The molecule has 2 rings (SSSR count). The molecule has 0 saturated carbocycles. The summed E-state index contributed by atoms with van der Waals surface area (Å²) in [5.74, 6) is 0. The number of urea groups is 1. The van der Waals surface area contributed by atoms with E-state index in [0.717, 1.165) is 23.4 Å². The highest BCUT2D eigenvalue weighted by Gasteiger charge is 2.12.